The molecule has 0 unspecified atom stereocenters. The Morgan fingerprint density at radius 2 is 1.85 bits per heavy atom. The highest BCUT2D eigenvalue weighted by molar-refractivity contribution is 7.21. The van der Waals surface area contributed by atoms with E-state index in [1.165, 1.54) is 11.3 Å². The number of amides is 1. The molecule has 7 nitrogen and oxygen atoms in total. The fourth-order valence-electron chi connectivity index (χ4n) is 3.24. The van der Waals surface area contributed by atoms with E-state index in [4.69, 9.17) is 22.2 Å². The van der Waals surface area contributed by atoms with Gasteiger partial charge in [-0.1, -0.05) is 30.3 Å². The maximum Gasteiger partial charge on any atom is 0.260 e. The number of anilines is 2. The van der Waals surface area contributed by atoms with E-state index in [0.717, 1.165) is 37.2 Å². The average molecular weight is 368 g/mol. The van der Waals surface area contributed by atoms with Crippen molar-refractivity contribution >= 4 is 39.1 Å². The minimum Gasteiger partial charge on any atom is -0.397 e. The normalized spacial score (nSPS) is 15.5. The number of rotatable bonds is 3. The topological polar surface area (TPSA) is 124 Å². The molecule has 1 saturated heterocycles. The van der Waals surface area contributed by atoms with E-state index in [2.05, 4.69) is 9.88 Å². The number of primary amides is 1. The molecule has 1 aliphatic heterocycles. The van der Waals surface area contributed by atoms with Crippen LogP contribution in [0.3, 0.4) is 0 Å². The van der Waals surface area contributed by atoms with Gasteiger partial charge in [0.25, 0.3) is 5.91 Å². The van der Waals surface area contributed by atoms with E-state index in [9.17, 15) is 4.79 Å². The SMILES string of the molecule is NC(=O)c1sc2nc(N3CCC(N)CC3)nc(-c3ccccc3)c2c1N. The van der Waals surface area contributed by atoms with Gasteiger partial charge >= 0.3 is 0 Å². The molecule has 3 heterocycles. The van der Waals surface area contributed by atoms with Crippen LogP contribution >= 0.6 is 11.3 Å². The molecule has 0 saturated carbocycles. The molecule has 1 aliphatic rings. The monoisotopic (exact) mass is 368 g/mol. The summed E-state index contributed by atoms with van der Waals surface area (Å²) in [5.74, 6) is 0.0931. The number of carbonyl (C=O) groups excluding carboxylic acids is 1. The van der Waals surface area contributed by atoms with Crippen molar-refractivity contribution in [3.8, 4) is 11.3 Å². The van der Waals surface area contributed by atoms with Gasteiger partial charge in [0.1, 0.15) is 9.71 Å². The Balaban J connectivity index is 1.92. The van der Waals surface area contributed by atoms with Gasteiger partial charge in [-0.25, -0.2) is 9.97 Å². The Kier molecular flexibility index (Phi) is 4.21. The number of carbonyl (C=O) groups is 1. The van der Waals surface area contributed by atoms with E-state index in [1.54, 1.807) is 0 Å². The van der Waals surface area contributed by atoms with E-state index < -0.39 is 5.91 Å². The molecular formula is C18H20N6OS. The average Bonchev–Trinajstić information content (AvgIpc) is 2.99. The summed E-state index contributed by atoms with van der Waals surface area (Å²) in [7, 11) is 0. The minimum atomic E-state index is -0.546. The highest BCUT2D eigenvalue weighted by Gasteiger charge is 2.24. The molecule has 6 N–H and O–H groups in total. The predicted molar refractivity (Wildman–Crippen MR) is 105 cm³/mol. The summed E-state index contributed by atoms with van der Waals surface area (Å²) in [6, 6.07) is 10.0. The Morgan fingerprint density at radius 3 is 2.50 bits per heavy atom. The summed E-state index contributed by atoms with van der Waals surface area (Å²) in [5.41, 5.74) is 19.7. The first kappa shape index (κ1) is 16.7. The third-order valence-corrected chi connectivity index (χ3v) is 5.78. The molecule has 0 aliphatic carbocycles. The molecule has 0 atom stereocenters. The van der Waals surface area contributed by atoms with Crippen LogP contribution in [0, 0.1) is 0 Å². The maximum absolute atomic E-state index is 11.7. The van der Waals surface area contributed by atoms with Gasteiger partial charge in [0.15, 0.2) is 0 Å². The second-order valence-corrected chi connectivity index (χ2v) is 7.45. The molecule has 134 valence electrons. The molecule has 26 heavy (non-hydrogen) atoms. The smallest absolute Gasteiger partial charge is 0.260 e. The molecular weight excluding hydrogens is 348 g/mol. The first-order valence-electron chi connectivity index (χ1n) is 8.50. The molecule has 1 amide bonds. The van der Waals surface area contributed by atoms with E-state index in [1.807, 2.05) is 30.3 Å². The zero-order chi connectivity index (χ0) is 18.3. The number of nitrogen functional groups attached to an aromatic ring is 1. The molecule has 0 spiro atoms. The van der Waals surface area contributed by atoms with Crippen molar-refractivity contribution in [1.29, 1.82) is 0 Å². The Morgan fingerprint density at radius 1 is 1.15 bits per heavy atom. The Hall–Kier alpha value is -2.71. The van der Waals surface area contributed by atoms with Crippen molar-refractivity contribution in [2.24, 2.45) is 11.5 Å². The van der Waals surface area contributed by atoms with Crippen LogP contribution in [-0.2, 0) is 0 Å². The fraction of sp³-hybridized carbons (Fsp3) is 0.278. The standard InChI is InChI=1S/C18H20N6OS/c19-11-6-8-24(9-7-11)18-22-14(10-4-2-1-3-5-10)12-13(20)15(16(21)25)26-17(12)23-18/h1-5,11H,6-9,19-20H2,(H2,21,25). The third-order valence-electron chi connectivity index (χ3n) is 4.67. The second kappa shape index (κ2) is 6.54. The van der Waals surface area contributed by atoms with Crippen LogP contribution in [-0.4, -0.2) is 35.0 Å². The second-order valence-electron chi connectivity index (χ2n) is 6.45. The zero-order valence-electron chi connectivity index (χ0n) is 14.2. The molecule has 2 aromatic heterocycles. The van der Waals surface area contributed by atoms with Crippen molar-refractivity contribution < 1.29 is 4.79 Å². The summed E-state index contributed by atoms with van der Waals surface area (Å²) in [6.45, 7) is 1.62. The summed E-state index contributed by atoms with van der Waals surface area (Å²) >= 11 is 1.22. The number of hydrogen-bond donors (Lipinski definition) is 3. The first-order valence-corrected chi connectivity index (χ1v) is 9.32. The van der Waals surface area contributed by atoms with Gasteiger partial charge in [-0.2, -0.15) is 0 Å². The molecule has 1 aromatic carbocycles. The summed E-state index contributed by atoms with van der Waals surface area (Å²) in [4.78, 5) is 24.4. The molecule has 3 aromatic rings. The highest BCUT2D eigenvalue weighted by atomic mass is 32.1. The van der Waals surface area contributed by atoms with Gasteiger partial charge < -0.3 is 22.1 Å². The van der Waals surface area contributed by atoms with Crippen LogP contribution in [0.15, 0.2) is 30.3 Å². The number of nitrogens with zero attached hydrogens (tertiary/aromatic N) is 3. The van der Waals surface area contributed by atoms with Crippen molar-refractivity contribution in [2.45, 2.75) is 18.9 Å². The Bertz CT molecular complexity index is 963. The third kappa shape index (κ3) is 2.87. The summed E-state index contributed by atoms with van der Waals surface area (Å²) in [6.07, 6.45) is 1.81. The lowest BCUT2D eigenvalue weighted by atomic mass is 10.1. The number of aromatic nitrogens is 2. The number of piperidine rings is 1. The molecule has 1 fully saturated rings. The van der Waals surface area contributed by atoms with Gasteiger partial charge in [0, 0.05) is 24.7 Å². The summed E-state index contributed by atoms with van der Waals surface area (Å²) in [5, 5.41) is 0.687. The molecule has 0 bridgehead atoms. The van der Waals surface area contributed by atoms with Gasteiger partial charge in [0.2, 0.25) is 5.95 Å². The molecule has 8 heteroatoms. The number of hydrogen-bond acceptors (Lipinski definition) is 7. The van der Waals surface area contributed by atoms with Gasteiger partial charge in [-0.3, -0.25) is 4.79 Å². The lowest BCUT2D eigenvalue weighted by molar-refractivity contribution is 0.100. The first-order chi connectivity index (χ1) is 12.5. The van der Waals surface area contributed by atoms with E-state index in [0.29, 0.717) is 26.7 Å². The molecule has 4 rings (SSSR count). The van der Waals surface area contributed by atoms with Crippen LogP contribution < -0.4 is 22.1 Å². The van der Waals surface area contributed by atoms with Crippen LogP contribution in [0.4, 0.5) is 11.6 Å². The molecule has 0 radical (unpaired) electrons. The van der Waals surface area contributed by atoms with Crippen molar-refractivity contribution in [3.05, 3.63) is 35.2 Å². The number of fused-ring (bicyclic) bond motifs is 1. The quantitative estimate of drug-likeness (QED) is 0.649. The summed E-state index contributed by atoms with van der Waals surface area (Å²) < 4.78 is 0. The highest BCUT2D eigenvalue weighted by Crippen LogP contribution is 2.39. The maximum atomic E-state index is 11.7. The minimum absolute atomic E-state index is 0.224. The Labute approximate surface area is 154 Å². The van der Waals surface area contributed by atoms with Crippen LogP contribution in [0.1, 0.15) is 22.5 Å². The largest absolute Gasteiger partial charge is 0.397 e. The van der Waals surface area contributed by atoms with Crippen LogP contribution in [0.2, 0.25) is 0 Å². The predicted octanol–water partition coefficient (Wildman–Crippen LogP) is 1.97. The number of benzene rings is 1. The van der Waals surface area contributed by atoms with Crippen molar-refractivity contribution in [1.82, 2.24) is 9.97 Å². The van der Waals surface area contributed by atoms with Crippen LogP contribution in [0.25, 0.3) is 21.5 Å². The van der Waals surface area contributed by atoms with E-state index in [-0.39, 0.29) is 6.04 Å². The number of thiophene rings is 1. The lowest BCUT2D eigenvalue weighted by Gasteiger charge is -2.30. The van der Waals surface area contributed by atoms with Crippen LogP contribution in [0.5, 0.6) is 0 Å². The number of nitrogens with two attached hydrogens (primary N) is 3. The fourth-order valence-corrected chi connectivity index (χ4v) is 4.18. The van der Waals surface area contributed by atoms with E-state index >= 15 is 0 Å². The lowest BCUT2D eigenvalue weighted by Crippen LogP contribution is -2.40. The van der Waals surface area contributed by atoms with Crippen molar-refractivity contribution in [3.63, 3.8) is 0 Å². The van der Waals surface area contributed by atoms with Gasteiger partial charge in [-0.15, -0.1) is 11.3 Å². The zero-order valence-corrected chi connectivity index (χ0v) is 15.0. The van der Waals surface area contributed by atoms with Gasteiger partial charge in [-0.05, 0) is 12.8 Å². The van der Waals surface area contributed by atoms with Crippen molar-refractivity contribution in [2.75, 3.05) is 23.7 Å². The van der Waals surface area contributed by atoms with Gasteiger partial charge in [0.05, 0.1) is 16.8 Å².